The van der Waals surface area contributed by atoms with Gasteiger partial charge in [-0.2, -0.15) is 9.61 Å². The van der Waals surface area contributed by atoms with Gasteiger partial charge in [0.1, 0.15) is 5.01 Å². The quantitative estimate of drug-likeness (QED) is 0.543. The van der Waals surface area contributed by atoms with Crippen LogP contribution in [0.1, 0.15) is 29.7 Å². The zero-order valence-corrected chi connectivity index (χ0v) is 14.3. The fourth-order valence-electron chi connectivity index (χ4n) is 2.77. The molecule has 4 nitrogen and oxygen atoms in total. The first kappa shape index (κ1) is 15.0. The molecule has 0 atom stereocenters. The maximum Gasteiger partial charge on any atom is 0.234 e. The summed E-state index contributed by atoms with van der Waals surface area (Å²) in [6.07, 6.45) is 2.79. The van der Waals surface area contributed by atoms with Gasteiger partial charge in [0, 0.05) is 12.8 Å². The Morgan fingerprint density at radius 3 is 2.42 bits per heavy atom. The number of aromatic nitrogens is 4. The zero-order chi connectivity index (χ0) is 16.4. The van der Waals surface area contributed by atoms with E-state index in [0.29, 0.717) is 0 Å². The van der Waals surface area contributed by atoms with Crippen LogP contribution in [0.15, 0.2) is 54.6 Å². The van der Waals surface area contributed by atoms with Crippen molar-refractivity contribution in [3.63, 3.8) is 0 Å². The third-order valence-corrected chi connectivity index (χ3v) is 4.89. The minimum atomic E-state index is 0.828. The average Bonchev–Trinajstić information content (AvgIpc) is 3.18. The van der Waals surface area contributed by atoms with Crippen molar-refractivity contribution in [1.82, 2.24) is 19.8 Å². The van der Waals surface area contributed by atoms with Crippen molar-refractivity contribution in [3.05, 3.63) is 71.0 Å². The Morgan fingerprint density at radius 1 is 0.917 bits per heavy atom. The normalized spacial score (nSPS) is 11.2. The number of rotatable bonds is 5. The van der Waals surface area contributed by atoms with E-state index >= 15 is 0 Å². The molecule has 24 heavy (non-hydrogen) atoms. The van der Waals surface area contributed by atoms with Gasteiger partial charge in [-0.25, -0.2) is 0 Å². The molecule has 0 amide bonds. The number of benzene rings is 2. The van der Waals surface area contributed by atoms with Gasteiger partial charge in [0.25, 0.3) is 0 Å². The van der Waals surface area contributed by atoms with Crippen LogP contribution in [0.2, 0.25) is 0 Å². The highest BCUT2D eigenvalue weighted by Crippen LogP contribution is 2.22. The van der Waals surface area contributed by atoms with Crippen LogP contribution in [-0.2, 0) is 12.8 Å². The lowest BCUT2D eigenvalue weighted by molar-refractivity contribution is 0.767. The molecule has 0 radical (unpaired) electrons. The average molecular weight is 334 g/mol. The molecule has 2 aromatic heterocycles. The topological polar surface area (TPSA) is 43.1 Å². The van der Waals surface area contributed by atoms with Gasteiger partial charge < -0.3 is 0 Å². The van der Waals surface area contributed by atoms with Gasteiger partial charge in [0.2, 0.25) is 4.96 Å². The maximum absolute atomic E-state index is 4.68. The Hall–Kier alpha value is -2.53. The zero-order valence-electron chi connectivity index (χ0n) is 13.5. The molecule has 4 rings (SSSR count). The van der Waals surface area contributed by atoms with Crippen LogP contribution in [0.3, 0.4) is 0 Å². The summed E-state index contributed by atoms with van der Waals surface area (Å²) in [5, 5.41) is 14.2. The summed E-state index contributed by atoms with van der Waals surface area (Å²) in [6.45, 7) is 2.14. The standard InChI is InChI=1S/C19H18N4S/c1-2-6-17-20-21-19-23(17)22-18(24-19)13-14-9-11-16(12-10-14)15-7-4-3-5-8-15/h3-5,7-12H,2,6,13H2,1H3. The van der Waals surface area contributed by atoms with Crippen molar-refractivity contribution < 1.29 is 0 Å². The lowest BCUT2D eigenvalue weighted by Crippen LogP contribution is -1.96. The molecule has 0 bridgehead atoms. The Bertz CT molecular complexity index is 939. The Kier molecular flexibility index (Phi) is 4.09. The summed E-state index contributed by atoms with van der Waals surface area (Å²) in [5.41, 5.74) is 3.74. The number of hydrogen-bond acceptors (Lipinski definition) is 4. The minimum Gasteiger partial charge on any atom is -0.187 e. The lowest BCUT2D eigenvalue weighted by Gasteiger charge is -2.03. The Labute approximate surface area is 144 Å². The fraction of sp³-hybridized carbons (Fsp3) is 0.211. The number of nitrogens with zero attached hydrogens (tertiary/aromatic N) is 4. The first-order valence-corrected chi connectivity index (χ1v) is 8.99. The van der Waals surface area contributed by atoms with Gasteiger partial charge in [-0.1, -0.05) is 72.9 Å². The highest BCUT2D eigenvalue weighted by Gasteiger charge is 2.11. The van der Waals surface area contributed by atoms with Crippen LogP contribution in [0.5, 0.6) is 0 Å². The van der Waals surface area contributed by atoms with Crippen LogP contribution in [-0.4, -0.2) is 19.8 Å². The maximum atomic E-state index is 4.68. The molecule has 4 aromatic rings. The lowest BCUT2D eigenvalue weighted by atomic mass is 10.0. The molecule has 2 heterocycles. The third kappa shape index (κ3) is 2.95. The predicted molar refractivity (Wildman–Crippen MR) is 97.3 cm³/mol. The van der Waals surface area contributed by atoms with E-state index in [1.807, 2.05) is 10.6 Å². The van der Waals surface area contributed by atoms with E-state index < -0.39 is 0 Å². The highest BCUT2D eigenvalue weighted by molar-refractivity contribution is 7.16. The van der Waals surface area contributed by atoms with E-state index in [2.05, 4.69) is 70.8 Å². The summed E-state index contributed by atoms with van der Waals surface area (Å²) in [5.74, 6) is 0.953. The van der Waals surface area contributed by atoms with Crippen LogP contribution in [0.25, 0.3) is 16.1 Å². The fourth-order valence-corrected chi connectivity index (χ4v) is 3.65. The smallest absolute Gasteiger partial charge is 0.187 e. The molecule has 0 N–H and O–H groups in total. The van der Waals surface area contributed by atoms with E-state index in [9.17, 15) is 0 Å². The molecule has 0 saturated heterocycles. The molecule has 0 spiro atoms. The summed E-state index contributed by atoms with van der Waals surface area (Å²) in [4.78, 5) is 0.884. The summed E-state index contributed by atoms with van der Waals surface area (Å²) >= 11 is 1.62. The van der Waals surface area contributed by atoms with Crippen LogP contribution < -0.4 is 0 Å². The monoisotopic (exact) mass is 334 g/mol. The van der Waals surface area contributed by atoms with E-state index in [-0.39, 0.29) is 0 Å². The molecule has 0 fully saturated rings. The van der Waals surface area contributed by atoms with Crippen molar-refractivity contribution >= 4 is 16.3 Å². The summed E-state index contributed by atoms with van der Waals surface area (Å²) < 4.78 is 1.89. The first-order chi connectivity index (χ1) is 11.8. The third-order valence-electron chi connectivity index (χ3n) is 3.99. The van der Waals surface area contributed by atoms with E-state index in [0.717, 1.165) is 35.1 Å². The van der Waals surface area contributed by atoms with Crippen molar-refractivity contribution in [2.75, 3.05) is 0 Å². The van der Waals surface area contributed by atoms with Crippen molar-refractivity contribution in [3.8, 4) is 11.1 Å². The van der Waals surface area contributed by atoms with Crippen LogP contribution >= 0.6 is 11.3 Å². The molecular weight excluding hydrogens is 316 g/mol. The second kappa shape index (κ2) is 6.53. The molecule has 2 aromatic carbocycles. The van der Waals surface area contributed by atoms with E-state index in [1.54, 1.807) is 11.3 Å². The number of hydrogen-bond donors (Lipinski definition) is 0. The van der Waals surface area contributed by atoms with E-state index in [1.165, 1.54) is 16.7 Å². The molecular formula is C19H18N4S. The SMILES string of the molecule is CCCc1nnc2sc(Cc3ccc(-c4ccccc4)cc3)nn12. The summed E-state index contributed by atoms with van der Waals surface area (Å²) in [6, 6.07) is 19.1. The van der Waals surface area contributed by atoms with Gasteiger partial charge >= 0.3 is 0 Å². The van der Waals surface area contributed by atoms with Gasteiger partial charge in [0.15, 0.2) is 5.82 Å². The predicted octanol–water partition coefficient (Wildman–Crippen LogP) is 4.40. The molecule has 0 saturated carbocycles. The largest absolute Gasteiger partial charge is 0.234 e. The van der Waals surface area contributed by atoms with Crippen LogP contribution in [0.4, 0.5) is 0 Å². The van der Waals surface area contributed by atoms with Gasteiger partial charge in [-0.3, -0.25) is 0 Å². The molecule has 0 aliphatic rings. The van der Waals surface area contributed by atoms with Crippen molar-refractivity contribution in [2.24, 2.45) is 0 Å². The second-order valence-corrected chi connectivity index (χ2v) is 6.84. The van der Waals surface area contributed by atoms with Crippen molar-refractivity contribution in [2.45, 2.75) is 26.2 Å². The highest BCUT2D eigenvalue weighted by atomic mass is 32.1. The Morgan fingerprint density at radius 2 is 1.67 bits per heavy atom. The number of aryl methyl sites for hydroxylation is 1. The summed E-state index contributed by atoms with van der Waals surface area (Å²) in [7, 11) is 0. The molecule has 120 valence electrons. The Balaban J connectivity index is 1.55. The molecule has 0 aliphatic heterocycles. The molecule has 5 heteroatoms. The molecule has 0 aliphatic carbocycles. The van der Waals surface area contributed by atoms with Crippen LogP contribution in [0, 0.1) is 0 Å². The minimum absolute atomic E-state index is 0.828. The van der Waals surface area contributed by atoms with Gasteiger partial charge in [0.05, 0.1) is 0 Å². The van der Waals surface area contributed by atoms with Gasteiger partial charge in [-0.15, -0.1) is 10.2 Å². The van der Waals surface area contributed by atoms with Gasteiger partial charge in [-0.05, 0) is 23.1 Å². The first-order valence-electron chi connectivity index (χ1n) is 8.18. The van der Waals surface area contributed by atoms with Crippen molar-refractivity contribution in [1.29, 1.82) is 0 Å². The second-order valence-electron chi connectivity index (χ2n) is 5.80. The van der Waals surface area contributed by atoms with E-state index in [4.69, 9.17) is 0 Å². The molecule has 0 unspecified atom stereocenters. The number of fused-ring (bicyclic) bond motifs is 1.